The van der Waals surface area contributed by atoms with E-state index < -0.39 is 21.1 Å². The zero-order valence-corrected chi connectivity index (χ0v) is 19.8. The fourth-order valence-corrected chi connectivity index (χ4v) is 4.87. The summed E-state index contributed by atoms with van der Waals surface area (Å²) >= 11 is 0. The average Bonchev–Trinajstić information content (AvgIpc) is 3.30. The van der Waals surface area contributed by atoms with Crippen molar-refractivity contribution in [3.8, 4) is 5.88 Å². The van der Waals surface area contributed by atoms with Crippen molar-refractivity contribution in [2.24, 2.45) is 0 Å². The number of anilines is 1. The first kappa shape index (κ1) is 21.7. The Hall–Kier alpha value is -1.04. The number of urea groups is 1. The molecule has 1 heterocycles. The van der Waals surface area contributed by atoms with Gasteiger partial charge in [0.05, 0.1) is 7.11 Å². The normalized spacial score (nSPS) is 14.6. The van der Waals surface area contributed by atoms with Crippen molar-refractivity contribution < 1.29 is 17.9 Å². The third-order valence-electron chi connectivity index (χ3n) is 5.02. The molecule has 143 valence electrons. The molecule has 8 nitrogen and oxygen atoms in total. The first-order chi connectivity index (χ1) is 13.0. The number of ether oxygens (including phenoxy) is 1. The predicted octanol–water partition coefficient (Wildman–Crippen LogP) is 1.59. The number of fused-ring (bicyclic) bond motifs is 2. The van der Waals surface area contributed by atoms with Crippen molar-refractivity contribution in [1.29, 1.82) is 0 Å². The van der Waals surface area contributed by atoms with Crippen LogP contribution in [-0.2, 0) is 35.7 Å². The molecule has 0 aliphatic heterocycles. The Balaban J connectivity index is 0.00000225. The maximum atomic E-state index is 12.5. The Morgan fingerprint density at radius 3 is 2.25 bits per heavy atom. The molecule has 4 rings (SSSR count). The van der Waals surface area contributed by atoms with Gasteiger partial charge in [-0.3, -0.25) is 0 Å². The molecule has 1 aromatic heterocycles. The molecule has 0 spiro atoms. The zero-order chi connectivity index (χ0) is 19.0. The van der Waals surface area contributed by atoms with Gasteiger partial charge in [0.25, 0.3) is 15.9 Å². The number of nitrogens with one attached hydrogen (secondary N) is 2. The van der Waals surface area contributed by atoms with Crippen LogP contribution in [0.2, 0.25) is 0 Å². The summed E-state index contributed by atoms with van der Waals surface area (Å²) in [4.78, 5) is 20.1. The van der Waals surface area contributed by atoms with Crippen LogP contribution >= 0.6 is 0 Å². The average molecular weight is 428 g/mol. The van der Waals surface area contributed by atoms with Crippen molar-refractivity contribution in [2.75, 3.05) is 12.4 Å². The molecule has 1 radical (unpaired) electrons. The number of benzene rings is 1. The molecule has 0 unspecified atom stereocenters. The van der Waals surface area contributed by atoms with Gasteiger partial charge in [0.1, 0.15) is 0 Å². The molecule has 10 heteroatoms. The van der Waals surface area contributed by atoms with Gasteiger partial charge in [-0.25, -0.2) is 19.5 Å². The molecule has 1 aromatic carbocycles. The Kier molecular flexibility index (Phi) is 6.78. The van der Waals surface area contributed by atoms with Gasteiger partial charge in [-0.05, 0) is 60.8 Å². The SMILES string of the molecule is COc1nccnc1S(=O)(=O)NC(=O)Nc1c2c(cc3c1CCC3)CCC2.[K]. The predicted molar refractivity (Wildman–Crippen MR) is 104 cm³/mol. The Morgan fingerprint density at radius 1 is 1.04 bits per heavy atom. The molecule has 0 saturated carbocycles. The van der Waals surface area contributed by atoms with E-state index in [-0.39, 0.29) is 57.3 Å². The van der Waals surface area contributed by atoms with E-state index in [1.165, 1.54) is 30.6 Å². The third-order valence-corrected chi connectivity index (χ3v) is 6.26. The van der Waals surface area contributed by atoms with Gasteiger partial charge in [-0.1, -0.05) is 6.07 Å². The number of hydrogen-bond donors (Lipinski definition) is 2. The van der Waals surface area contributed by atoms with Gasteiger partial charge >= 0.3 is 6.03 Å². The van der Waals surface area contributed by atoms with Crippen LogP contribution < -0.4 is 14.8 Å². The molecule has 2 N–H and O–H groups in total. The molecule has 0 atom stereocenters. The molecule has 2 aliphatic rings. The van der Waals surface area contributed by atoms with Gasteiger partial charge in [0.2, 0.25) is 5.03 Å². The van der Waals surface area contributed by atoms with E-state index in [2.05, 4.69) is 21.4 Å². The zero-order valence-electron chi connectivity index (χ0n) is 15.9. The number of nitrogens with zero attached hydrogens (tertiary/aromatic N) is 2. The molecular weight excluding hydrogens is 407 g/mol. The van der Waals surface area contributed by atoms with Crippen LogP contribution in [0.4, 0.5) is 10.5 Å². The Labute approximate surface area is 206 Å². The fraction of sp³-hybridized carbons (Fsp3) is 0.389. The van der Waals surface area contributed by atoms with Crippen LogP contribution in [0.1, 0.15) is 35.1 Å². The van der Waals surface area contributed by atoms with Crippen molar-refractivity contribution in [1.82, 2.24) is 14.7 Å². The summed E-state index contributed by atoms with van der Waals surface area (Å²) in [6.45, 7) is 0. The molecule has 2 amide bonds. The van der Waals surface area contributed by atoms with Crippen molar-refractivity contribution in [3.63, 3.8) is 0 Å². The second-order valence-electron chi connectivity index (χ2n) is 6.66. The molecule has 28 heavy (non-hydrogen) atoms. The third kappa shape index (κ3) is 4.12. The fourth-order valence-electron chi connectivity index (χ4n) is 3.91. The van der Waals surface area contributed by atoms with E-state index in [0.717, 1.165) is 55.3 Å². The number of hydrogen-bond acceptors (Lipinski definition) is 6. The number of aromatic nitrogens is 2. The summed E-state index contributed by atoms with van der Waals surface area (Å²) in [5.41, 5.74) is 5.53. The number of carbonyl (C=O) groups excluding carboxylic acids is 1. The van der Waals surface area contributed by atoms with E-state index in [4.69, 9.17) is 4.74 Å². The van der Waals surface area contributed by atoms with Crippen LogP contribution in [0.3, 0.4) is 0 Å². The monoisotopic (exact) mass is 427 g/mol. The van der Waals surface area contributed by atoms with Crippen LogP contribution in [0.25, 0.3) is 0 Å². The molecular formula is C18H20KN4O4S. The Morgan fingerprint density at radius 2 is 1.64 bits per heavy atom. The number of methoxy groups -OCH3 is 1. The molecule has 0 fully saturated rings. The number of carbonyl (C=O) groups is 1. The minimum Gasteiger partial charge on any atom is -0.479 e. The minimum atomic E-state index is -4.21. The summed E-state index contributed by atoms with van der Waals surface area (Å²) in [5.74, 6) is -0.167. The summed E-state index contributed by atoms with van der Waals surface area (Å²) in [7, 11) is -2.92. The van der Waals surface area contributed by atoms with Crippen molar-refractivity contribution in [2.45, 2.75) is 43.6 Å². The summed E-state index contributed by atoms with van der Waals surface area (Å²) in [5, 5.41) is 2.36. The Bertz CT molecular complexity index is 994. The second kappa shape index (κ2) is 8.76. The summed E-state index contributed by atoms with van der Waals surface area (Å²) in [6, 6.07) is 1.44. The van der Waals surface area contributed by atoms with E-state index in [1.807, 2.05) is 4.72 Å². The van der Waals surface area contributed by atoms with Crippen LogP contribution in [0, 0.1) is 0 Å². The van der Waals surface area contributed by atoms with Crippen LogP contribution in [-0.4, -0.2) is 82.9 Å². The maximum Gasteiger partial charge on any atom is 0.333 e. The number of sulfonamides is 1. The van der Waals surface area contributed by atoms with Gasteiger partial charge < -0.3 is 10.1 Å². The second-order valence-corrected chi connectivity index (χ2v) is 8.26. The van der Waals surface area contributed by atoms with E-state index in [0.29, 0.717) is 0 Å². The van der Waals surface area contributed by atoms with Crippen molar-refractivity contribution in [3.05, 3.63) is 40.7 Å². The molecule has 0 bridgehead atoms. The standard InChI is InChI=1S/C18H20N4O4S.K/c1-26-16-17(20-9-8-19-16)27(24,25)22-18(23)21-15-13-6-2-4-11(13)10-12-5-3-7-14(12)15;/h8-10H,2-7H2,1H3,(H2,21,22,23);. The minimum absolute atomic E-state index is 0. The van der Waals surface area contributed by atoms with E-state index in [1.54, 1.807) is 0 Å². The summed E-state index contributed by atoms with van der Waals surface area (Å²) < 4.78 is 32.0. The number of aryl methyl sites for hydroxylation is 2. The van der Waals surface area contributed by atoms with E-state index >= 15 is 0 Å². The van der Waals surface area contributed by atoms with E-state index in [9.17, 15) is 13.2 Å². The quantitative estimate of drug-likeness (QED) is 0.717. The van der Waals surface area contributed by atoms with Gasteiger partial charge in [0.15, 0.2) is 0 Å². The maximum absolute atomic E-state index is 12.5. The summed E-state index contributed by atoms with van der Waals surface area (Å²) in [6.07, 6.45) is 8.40. The largest absolute Gasteiger partial charge is 0.479 e. The molecule has 2 aromatic rings. The number of amides is 2. The topological polar surface area (TPSA) is 110 Å². The van der Waals surface area contributed by atoms with Gasteiger partial charge in [-0.15, -0.1) is 0 Å². The molecule has 0 saturated heterocycles. The molecule has 2 aliphatic carbocycles. The first-order valence-corrected chi connectivity index (χ1v) is 10.3. The van der Waals surface area contributed by atoms with Crippen LogP contribution in [0.5, 0.6) is 5.88 Å². The smallest absolute Gasteiger partial charge is 0.333 e. The number of rotatable bonds is 4. The van der Waals surface area contributed by atoms with Crippen LogP contribution in [0.15, 0.2) is 23.5 Å². The first-order valence-electron chi connectivity index (χ1n) is 8.85. The van der Waals surface area contributed by atoms with Crippen molar-refractivity contribution >= 4 is 73.1 Å². The van der Waals surface area contributed by atoms with Gasteiger partial charge in [-0.2, -0.15) is 8.42 Å². The van der Waals surface area contributed by atoms with Gasteiger partial charge in [0, 0.05) is 69.5 Å².